The van der Waals surface area contributed by atoms with Crippen LogP contribution >= 0.6 is 23.2 Å². The lowest BCUT2D eigenvalue weighted by molar-refractivity contribution is -0.122. The Morgan fingerprint density at radius 1 is 1.21 bits per heavy atom. The number of ether oxygens (including phenoxy) is 1. The molecule has 0 saturated carbocycles. The summed E-state index contributed by atoms with van der Waals surface area (Å²) in [6, 6.07) is 5.53. The van der Waals surface area contributed by atoms with E-state index in [2.05, 4.69) is 25.1 Å². The van der Waals surface area contributed by atoms with Gasteiger partial charge >= 0.3 is 0 Å². The molecule has 2 heterocycles. The molecule has 0 radical (unpaired) electrons. The molecule has 1 aromatic carbocycles. The van der Waals surface area contributed by atoms with Crippen molar-refractivity contribution in [3.8, 4) is 5.88 Å². The zero-order valence-electron chi connectivity index (χ0n) is 15.7. The zero-order valence-corrected chi connectivity index (χ0v) is 17.2. The number of nitrogens with zero attached hydrogens (tertiary/aromatic N) is 4. The number of halogens is 2. The first-order chi connectivity index (χ1) is 13.6. The van der Waals surface area contributed by atoms with E-state index >= 15 is 0 Å². The second-order valence-corrected chi connectivity index (χ2v) is 7.28. The lowest BCUT2D eigenvalue weighted by Crippen LogP contribution is -2.49. The highest BCUT2D eigenvalue weighted by Gasteiger charge is 2.20. The molecule has 3 rings (SSSR count). The number of benzene rings is 1. The largest absolute Gasteiger partial charge is 0.480 e. The smallest absolute Gasteiger partial charge is 0.234 e. The first kappa shape index (κ1) is 20.6. The Bertz CT molecular complexity index is 813. The molecule has 1 aliphatic rings. The summed E-state index contributed by atoms with van der Waals surface area (Å²) in [7, 11) is 1.57. The van der Waals surface area contributed by atoms with Crippen LogP contribution in [0.5, 0.6) is 5.88 Å². The minimum atomic E-state index is 0.00720. The number of amides is 1. The summed E-state index contributed by atoms with van der Waals surface area (Å²) in [5.74, 6) is 1.30. The maximum atomic E-state index is 12.2. The van der Waals surface area contributed by atoms with Crippen molar-refractivity contribution in [2.24, 2.45) is 0 Å². The number of aromatic nitrogens is 2. The van der Waals surface area contributed by atoms with Gasteiger partial charge in [-0.15, -0.1) is 0 Å². The Balaban J connectivity index is 1.40. The molecule has 0 unspecified atom stereocenters. The predicted octanol–water partition coefficient (Wildman–Crippen LogP) is 2.27. The number of carbonyl (C=O) groups excluding carboxylic acids is 1. The van der Waals surface area contributed by atoms with Crippen molar-refractivity contribution in [3.05, 3.63) is 46.2 Å². The third-order valence-corrected chi connectivity index (χ3v) is 5.48. The van der Waals surface area contributed by atoms with Gasteiger partial charge in [0.2, 0.25) is 11.8 Å². The lowest BCUT2D eigenvalue weighted by Gasteiger charge is -2.34. The maximum Gasteiger partial charge on any atom is 0.234 e. The van der Waals surface area contributed by atoms with E-state index in [0.717, 1.165) is 37.6 Å². The lowest BCUT2D eigenvalue weighted by atomic mass is 10.1. The fraction of sp³-hybridized carbons (Fsp3) is 0.421. The summed E-state index contributed by atoms with van der Waals surface area (Å²) in [6.07, 6.45) is 3.96. The van der Waals surface area contributed by atoms with Gasteiger partial charge in [0.1, 0.15) is 0 Å². The average Bonchev–Trinajstić information content (AvgIpc) is 2.72. The molecule has 1 saturated heterocycles. The molecule has 0 bridgehead atoms. The van der Waals surface area contributed by atoms with Gasteiger partial charge in [-0.1, -0.05) is 35.3 Å². The van der Waals surface area contributed by atoms with Crippen LogP contribution in [0.15, 0.2) is 30.6 Å². The summed E-state index contributed by atoms with van der Waals surface area (Å²) in [6.45, 7) is 4.04. The van der Waals surface area contributed by atoms with Crippen LogP contribution < -0.4 is 15.0 Å². The Kier molecular flexibility index (Phi) is 7.30. The fourth-order valence-corrected chi connectivity index (χ4v) is 3.48. The van der Waals surface area contributed by atoms with E-state index in [1.54, 1.807) is 25.6 Å². The number of rotatable bonds is 7. The number of hydrogen-bond donors (Lipinski definition) is 1. The van der Waals surface area contributed by atoms with Gasteiger partial charge in [0, 0.05) is 32.7 Å². The van der Waals surface area contributed by atoms with Crippen LogP contribution in [-0.4, -0.2) is 67.2 Å². The molecule has 0 aliphatic carbocycles. The summed E-state index contributed by atoms with van der Waals surface area (Å²) >= 11 is 12.2. The summed E-state index contributed by atoms with van der Waals surface area (Å²) in [5, 5.41) is 4.03. The quantitative estimate of drug-likeness (QED) is 0.736. The van der Waals surface area contributed by atoms with E-state index in [1.807, 2.05) is 12.1 Å². The van der Waals surface area contributed by atoms with Gasteiger partial charge in [-0.3, -0.25) is 14.7 Å². The molecule has 150 valence electrons. The average molecular weight is 424 g/mol. The van der Waals surface area contributed by atoms with Crippen LogP contribution in [0.25, 0.3) is 0 Å². The highest BCUT2D eigenvalue weighted by atomic mass is 35.5. The standard InChI is InChI=1S/C19H23Cl2N5O2/c1-28-18-12-22-11-16(24-18)26-9-7-25(8-10-26)13-17(27)23-6-5-14-3-2-4-15(20)19(14)21/h2-4,11-12H,5-10,13H2,1H3,(H,23,27). The van der Waals surface area contributed by atoms with E-state index in [4.69, 9.17) is 27.9 Å². The van der Waals surface area contributed by atoms with Crippen LogP contribution in [0, 0.1) is 0 Å². The minimum Gasteiger partial charge on any atom is -0.480 e. The number of hydrogen-bond acceptors (Lipinski definition) is 6. The number of nitrogens with one attached hydrogen (secondary N) is 1. The Hall–Kier alpha value is -2.09. The molecule has 1 N–H and O–H groups in total. The van der Waals surface area contributed by atoms with Gasteiger partial charge in [0.05, 0.1) is 36.1 Å². The molecule has 28 heavy (non-hydrogen) atoms. The Morgan fingerprint density at radius 2 is 2.00 bits per heavy atom. The molecule has 7 nitrogen and oxygen atoms in total. The highest BCUT2D eigenvalue weighted by Crippen LogP contribution is 2.25. The van der Waals surface area contributed by atoms with Gasteiger partial charge in [0.25, 0.3) is 0 Å². The van der Waals surface area contributed by atoms with Crippen LogP contribution in [0.1, 0.15) is 5.56 Å². The third-order valence-electron chi connectivity index (χ3n) is 4.62. The number of anilines is 1. The molecule has 1 aromatic heterocycles. The van der Waals surface area contributed by atoms with Crippen LogP contribution in [-0.2, 0) is 11.2 Å². The summed E-state index contributed by atoms with van der Waals surface area (Å²) < 4.78 is 5.12. The third kappa shape index (κ3) is 5.47. The van der Waals surface area contributed by atoms with Crippen molar-refractivity contribution < 1.29 is 9.53 Å². The topological polar surface area (TPSA) is 70.6 Å². The molecule has 0 atom stereocenters. The molecule has 9 heteroatoms. The molecule has 1 aliphatic heterocycles. The summed E-state index contributed by atoms with van der Waals surface area (Å²) in [4.78, 5) is 25.0. The maximum absolute atomic E-state index is 12.2. The SMILES string of the molecule is COc1cncc(N2CCN(CC(=O)NCCc3cccc(Cl)c3Cl)CC2)n1. The predicted molar refractivity (Wildman–Crippen MR) is 110 cm³/mol. The molecular weight excluding hydrogens is 401 g/mol. The second kappa shape index (κ2) is 9.91. The number of carbonyl (C=O) groups is 1. The first-order valence-corrected chi connectivity index (χ1v) is 9.85. The van der Waals surface area contributed by atoms with Crippen molar-refractivity contribution >= 4 is 34.9 Å². The van der Waals surface area contributed by atoms with E-state index in [1.165, 1.54) is 0 Å². The van der Waals surface area contributed by atoms with Crippen LogP contribution in [0.2, 0.25) is 10.0 Å². The van der Waals surface area contributed by atoms with Gasteiger partial charge in [-0.2, -0.15) is 4.98 Å². The molecule has 1 amide bonds. The van der Waals surface area contributed by atoms with E-state index in [9.17, 15) is 4.79 Å². The van der Waals surface area contributed by atoms with Crippen LogP contribution in [0.4, 0.5) is 5.82 Å². The minimum absolute atomic E-state index is 0.00720. The zero-order chi connectivity index (χ0) is 19.9. The number of piperazine rings is 1. The first-order valence-electron chi connectivity index (χ1n) is 9.09. The van der Waals surface area contributed by atoms with E-state index in [-0.39, 0.29) is 5.91 Å². The van der Waals surface area contributed by atoms with Crippen molar-refractivity contribution in [2.45, 2.75) is 6.42 Å². The second-order valence-electron chi connectivity index (χ2n) is 6.50. The highest BCUT2D eigenvalue weighted by molar-refractivity contribution is 6.42. The Labute approximate surface area is 174 Å². The van der Waals surface area contributed by atoms with Gasteiger partial charge in [-0.05, 0) is 18.1 Å². The normalized spacial score (nSPS) is 14.8. The van der Waals surface area contributed by atoms with Gasteiger partial charge in [0.15, 0.2) is 5.82 Å². The Morgan fingerprint density at radius 3 is 2.75 bits per heavy atom. The van der Waals surface area contributed by atoms with Gasteiger partial charge in [-0.25, -0.2) is 0 Å². The molecule has 0 spiro atoms. The van der Waals surface area contributed by atoms with Gasteiger partial charge < -0.3 is 15.0 Å². The fourth-order valence-electron chi connectivity index (χ4n) is 3.06. The van der Waals surface area contributed by atoms with Crippen molar-refractivity contribution in [1.29, 1.82) is 0 Å². The molecule has 1 fully saturated rings. The van der Waals surface area contributed by atoms with Crippen molar-refractivity contribution in [1.82, 2.24) is 20.2 Å². The summed E-state index contributed by atoms with van der Waals surface area (Å²) in [5.41, 5.74) is 0.933. The monoisotopic (exact) mass is 423 g/mol. The number of methoxy groups -OCH3 is 1. The van der Waals surface area contributed by atoms with Crippen LogP contribution in [0.3, 0.4) is 0 Å². The van der Waals surface area contributed by atoms with E-state index < -0.39 is 0 Å². The van der Waals surface area contributed by atoms with Crippen molar-refractivity contribution in [2.75, 3.05) is 51.3 Å². The van der Waals surface area contributed by atoms with Crippen molar-refractivity contribution in [3.63, 3.8) is 0 Å². The van der Waals surface area contributed by atoms with E-state index in [0.29, 0.717) is 35.4 Å². The molecular formula is C19H23Cl2N5O2. The molecule has 2 aromatic rings.